The summed E-state index contributed by atoms with van der Waals surface area (Å²) >= 11 is 0. The maximum Gasteiger partial charge on any atom is 0.224 e. The number of carbonyl (C=O) groups excluding carboxylic acids is 1. The summed E-state index contributed by atoms with van der Waals surface area (Å²) in [7, 11) is 0. The molecule has 0 saturated carbocycles. The summed E-state index contributed by atoms with van der Waals surface area (Å²) < 4.78 is 1.96. The van der Waals surface area contributed by atoms with Crippen molar-refractivity contribution in [2.75, 3.05) is 11.9 Å². The van der Waals surface area contributed by atoms with Gasteiger partial charge < -0.3 is 10.6 Å². The highest BCUT2D eigenvalue weighted by atomic mass is 16.1. The van der Waals surface area contributed by atoms with Gasteiger partial charge in [0.25, 0.3) is 0 Å². The predicted octanol–water partition coefficient (Wildman–Crippen LogP) is 3.02. The minimum absolute atomic E-state index is 0.0187. The van der Waals surface area contributed by atoms with Crippen LogP contribution in [0.15, 0.2) is 61.2 Å². The van der Waals surface area contributed by atoms with Crippen LogP contribution in [-0.2, 0) is 11.2 Å². The number of nitrogens with zero attached hydrogens (tertiary/aromatic N) is 5. The highest BCUT2D eigenvalue weighted by Crippen LogP contribution is 2.25. The van der Waals surface area contributed by atoms with E-state index < -0.39 is 0 Å². The van der Waals surface area contributed by atoms with Crippen LogP contribution < -0.4 is 10.6 Å². The Bertz CT molecular complexity index is 1110. The molecule has 0 fully saturated rings. The molecule has 1 aromatic carbocycles. The summed E-state index contributed by atoms with van der Waals surface area (Å²) in [5, 5.41) is 15.6. The van der Waals surface area contributed by atoms with E-state index in [1.165, 1.54) is 6.33 Å². The lowest BCUT2D eigenvalue weighted by molar-refractivity contribution is -0.120. The second-order valence-electron chi connectivity index (χ2n) is 6.56. The quantitative estimate of drug-likeness (QED) is 0.506. The fourth-order valence-corrected chi connectivity index (χ4v) is 3.10. The van der Waals surface area contributed by atoms with Crippen molar-refractivity contribution in [2.45, 2.75) is 19.8 Å². The standard InChI is InChI=1S/C21H21N7O/c1-2-10-23-21(29)12-15-13-28(17-6-4-3-5-16(15)17)20-8-7-19(26-27-20)25-18-9-11-22-14-24-18/h3-9,11,13-14H,2,10,12H2,1H3,(H,23,29)(H,22,24,25,26). The van der Waals surface area contributed by atoms with Crippen LogP contribution in [0.1, 0.15) is 18.9 Å². The second-order valence-corrected chi connectivity index (χ2v) is 6.56. The van der Waals surface area contributed by atoms with Gasteiger partial charge in [-0.1, -0.05) is 25.1 Å². The number of benzene rings is 1. The van der Waals surface area contributed by atoms with Crippen molar-refractivity contribution < 1.29 is 4.79 Å². The van der Waals surface area contributed by atoms with E-state index in [4.69, 9.17) is 0 Å². The van der Waals surface area contributed by atoms with Crippen molar-refractivity contribution in [1.82, 2.24) is 30.0 Å². The normalized spacial score (nSPS) is 10.8. The van der Waals surface area contributed by atoms with Gasteiger partial charge in [-0.3, -0.25) is 9.36 Å². The third-order valence-corrected chi connectivity index (χ3v) is 4.45. The van der Waals surface area contributed by atoms with Gasteiger partial charge in [0.2, 0.25) is 5.91 Å². The molecule has 4 aromatic rings. The SMILES string of the molecule is CCCNC(=O)Cc1cn(-c2ccc(Nc3ccncn3)nn2)c2ccccc12. The van der Waals surface area contributed by atoms with Crippen LogP contribution in [0.3, 0.4) is 0 Å². The van der Waals surface area contributed by atoms with Crippen molar-refractivity contribution in [3.63, 3.8) is 0 Å². The predicted molar refractivity (Wildman–Crippen MR) is 111 cm³/mol. The Labute approximate surface area is 168 Å². The Balaban J connectivity index is 1.61. The van der Waals surface area contributed by atoms with E-state index in [1.807, 2.05) is 54.1 Å². The number of hydrogen-bond donors (Lipinski definition) is 2. The average molecular weight is 387 g/mol. The molecule has 0 spiro atoms. The molecule has 146 valence electrons. The molecule has 3 aromatic heterocycles. The zero-order chi connectivity index (χ0) is 20.1. The highest BCUT2D eigenvalue weighted by molar-refractivity contribution is 5.90. The number of para-hydroxylation sites is 1. The Morgan fingerprint density at radius 1 is 1.07 bits per heavy atom. The van der Waals surface area contributed by atoms with Crippen molar-refractivity contribution in [3.8, 4) is 5.82 Å². The molecule has 0 aliphatic rings. The first kappa shape index (κ1) is 18.5. The second kappa shape index (κ2) is 8.47. The van der Waals surface area contributed by atoms with Crippen molar-refractivity contribution in [2.24, 2.45) is 0 Å². The number of anilines is 2. The van der Waals surface area contributed by atoms with E-state index in [9.17, 15) is 4.79 Å². The summed E-state index contributed by atoms with van der Waals surface area (Å²) in [5.41, 5.74) is 1.94. The molecule has 29 heavy (non-hydrogen) atoms. The van der Waals surface area contributed by atoms with E-state index in [0.29, 0.717) is 30.4 Å². The highest BCUT2D eigenvalue weighted by Gasteiger charge is 2.13. The van der Waals surface area contributed by atoms with Crippen molar-refractivity contribution in [1.29, 1.82) is 0 Å². The number of rotatable bonds is 7. The van der Waals surface area contributed by atoms with Crippen molar-refractivity contribution >= 4 is 28.4 Å². The number of nitrogens with one attached hydrogen (secondary N) is 2. The maximum absolute atomic E-state index is 12.2. The number of amides is 1. The maximum atomic E-state index is 12.2. The third kappa shape index (κ3) is 4.21. The van der Waals surface area contributed by atoms with E-state index >= 15 is 0 Å². The lowest BCUT2D eigenvalue weighted by Gasteiger charge is -2.06. The summed E-state index contributed by atoms with van der Waals surface area (Å²) in [6.07, 6.45) is 6.32. The van der Waals surface area contributed by atoms with E-state index in [2.05, 4.69) is 30.8 Å². The van der Waals surface area contributed by atoms with Gasteiger partial charge in [-0.25, -0.2) is 9.97 Å². The van der Waals surface area contributed by atoms with Crippen LogP contribution in [0.25, 0.3) is 16.7 Å². The van der Waals surface area contributed by atoms with Gasteiger partial charge in [0.1, 0.15) is 12.1 Å². The number of aromatic nitrogens is 5. The number of carbonyl (C=O) groups is 1. The molecule has 2 N–H and O–H groups in total. The van der Waals surface area contributed by atoms with Crippen LogP contribution in [0, 0.1) is 0 Å². The molecule has 8 nitrogen and oxygen atoms in total. The minimum Gasteiger partial charge on any atom is -0.356 e. The van der Waals surface area contributed by atoms with E-state index in [1.54, 1.807) is 12.3 Å². The molecule has 1 amide bonds. The van der Waals surface area contributed by atoms with Gasteiger partial charge >= 0.3 is 0 Å². The lowest BCUT2D eigenvalue weighted by Crippen LogP contribution is -2.25. The molecule has 8 heteroatoms. The van der Waals surface area contributed by atoms with Gasteiger partial charge in [0.15, 0.2) is 11.6 Å². The smallest absolute Gasteiger partial charge is 0.224 e. The Morgan fingerprint density at radius 2 is 1.97 bits per heavy atom. The molecule has 0 bridgehead atoms. The van der Waals surface area contributed by atoms with E-state index in [0.717, 1.165) is 22.9 Å². The van der Waals surface area contributed by atoms with E-state index in [-0.39, 0.29) is 5.91 Å². The molecule has 0 aliphatic carbocycles. The monoisotopic (exact) mass is 387 g/mol. The zero-order valence-electron chi connectivity index (χ0n) is 16.0. The van der Waals surface area contributed by atoms with Crippen LogP contribution in [-0.4, -0.2) is 37.2 Å². The molecule has 4 rings (SSSR count). The molecule has 0 atom stereocenters. The first-order chi connectivity index (χ1) is 14.2. The Kier molecular flexibility index (Phi) is 5.42. The largest absolute Gasteiger partial charge is 0.356 e. The third-order valence-electron chi connectivity index (χ3n) is 4.45. The average Bonchev–Trinajstić information content (AvgIpc) is 3.12. The molecule has 0 unspecified atom stereocenters. The van der Waals surface area contributed by atoms with Crippen LogP contribution in [0.4, 0.5) is 11.6 Å². The van der Waals surface area contributed by atoms with Gasteiger partial charge in [0.05, 0.1) is 11.9 Å². The first-order valence-electron chi connectivity index (χ1n) is 9.47. The fraction of sp³-hybridized carbons (Fsp3) is 0.190. The lowest BCUT2D eigenvalue weighted by atomic mass is 10.1. The molecule has 0 saturated heterocycles. The van der Waals surface area contributed by atoms with Gasteiger partial charge in [-0.05, 0) is 36.2 Å². The summed E-state index contributed by atoms with van der Waals surface area (Å²) in [6.45, 7) is 2.72. The molecule has 0 radical (unpaired) electrons. The Morgan fingerprint density at radius 3 is 2.72 bits per heavy atom. The molecular weight excluding hydrogens is 366 g/mol. The summed E-state index contributed by atoms with van der Waals surface area (Å²) in [4.78, 5) is 20.2. The fourth-order valence-electron chi connectivity index (χ4n) is 3.10. The summed E-state index contributed by atoms with van der Waals surface area (Å²) in [5.74, 6) is 1.93. The Hall–Kier alpha value is -3.81. The number of fused-ring (bicyclic) bond motifs is 1. The van der Waals surface area contributed by atoms with Crippen LogP contribution in [0.2, 0.25) is 0 Å². The van der Waals surface area contributed by atoms with Gasteiger partial charge in [0, 0.05) is 24.3 Å². The van der Waals surface area contributed by atoms with Crippen LogP contribution >= 0.6 is 0 Å². The van der Waals surface area contributed by atoms with Crippen molar-refractivity contribution in [3.05, 3.63) is 66.7 Å². The summed E-state index contributed by atoms with van der Waals surface area (Å²) in [6, 6.07) is 13.4. The molecule has 0 aliphatic heterocycles. The van der Waals surface area contributed by atoms with Crippen LogP contribution in [0.5, 0.6) is 0 Å². The minimum atomic E-state index is 0.0187. The first-order valence-corrected chi connectivity index (χ1v) is 9.47. The zero-order valence-corrected chi connectivity index (χ0v) is 16.0. The molecular formula is C21H21N7O. The molecule has 3 heterocycles. The number of hydrogen-bond acceptors (Lipinski definition) is 6. The van der Waals surface area contributed by atoms with Gasteiger partial charge in [-0.2, -0.15) is 0 Å². The van der Waals surface area contributed by atoms with Gasteiger partial charge in [-0.15, -0.1) is 10.2 Å². The topological polar surface area (TPSA) is 97.6 Å².